The first-order valence-electron chi connectivity index (χ1n) is 8.89. The molecule has 2 amide bonds. The van der Waals surface area contributed by atoms with Gasteiger partial charge < -0.3 is 9.47 Å². The lowest BCUT2D eigenvalue weighted by Crippen LogP contribution is -2.29. The van der Waals surface area contributed by atoms with Crippen LogP contribution in [0.25, 0.3) is 6.08 Å². The number of hydrogen-bond donors (Lipinski definition) is 0. The summed E-state index contributed by atoms with van der Waals surface area (Å²) in [6, 6.07) is 13.0. The van der Waals surface area contributed by atoms with E-state index in [0.717, 1.165) is 27.4 Å². The number of benzene rings is 2. The van der Waals surface area contributed by atoms with Crippen LogP contribution >= 0.6 is 39.3 Å². The third-order valence-electron chi connectivity index (χ3n) is 4.17. The molecular formula is C21H19BrClNO4S. The first-order valence-corrected chi connectivity index (χ1v) is 10.9. The maximum atomic E-state index is 12.6. The zero-order valence-electron chi connectivity index (χ0n) is 15.7. The minimum absolute atomic E-state index is 0.268. The highest BCUT2D eigenvalue weighted by atomic mass is 79.9. The lowest BCUT2D eigenvalue weighted by atomic mass is 10.1. The Morgan fingerprint density at radius 3 is 2.66 bits per heavy atom. The van der Waals surface area contributed by atoms with Crippen LogP contribution in [0, 0.1) is 0 Å². The third kappa shape index (κ3) is 5.85. The Bertz CT molecular complexity index is 933. The molecule has 0 atom stereocenters. The van der Waals surface area contributed by atoms with E-state index in [0.29, 0.717) is 41.9 Å². The normalized spacial score (nSPS) is 15.4. The summed E-state index contributed by atoms with van der Waals surface area (Å²) in [5.74, 6) is 0.328. The lowest BCUT2D eigenvalue weighted by Gasteiger charge is -2.12. The largest absolute Gasteiger partial charge is 0.488 e. The first-order chi connectivity index (χ1) is 14.0. The SMILES string of the molecule is COCCCN1C(=O)S/C(=C/c2cc(Br)ccc2OCc2ccc(Cl)cc2)C1=O. The van der Waals surface area contributed by atoms with Gasteiger partial charge in [-0.15, -0.1) is 0 Å². The van der Waals surface area contributed by atoms with Crippen LogP contribution in [-0.4, -0.2) is 36.3 Å². The standard InChI is InChI=1S/C21H19BrClNO4S/c1-27-10-2-9-24-20(25)19(29-21(24)26)12-15-11-16(22)5-8-18(15)28-13-14-3-6-17(23)7-4-14/h3-8,11-12H,2,9-10,13H2,1H3/b19-12+. The fourth-order valence-electron chi connectivity index (χ4n) is 2.71. The highest BCUT2D eigenvalue weighted by Crippen LogP contribution is 2.35. The van der Waals surface area contributed by atoms with Crippen LogP contribution in [0.2, 0.25) is 5.02 Å². The Hall–Kier alpha value is -1.80. The van der Waals surface area contributed by atoms with Crippen molar-refractivity contribution in [2.45, 2.75) is 13.0 Å². The molecule has 2 aromatic rings. The summed E-state index contributed by atoms with van der Waals surface area (Å²) in [5, 5.41) is 0.398. The van der Waals surface area contributed by atoms with Crippen molar-refractivity contribution in [2.24, 2.45) is 0 Å². The predicted molar refractivity (Wildman–Crippen MR) is 119 cm³/mol. The van der Waals surface area contributed by atoms with Gasteiger partial charge >= 0.3 is 0 Å². The number of carbonyl (C=O) groups excluding carboxylic acids is 2. The van der Waals surface area contributed by atoms with Gasteiger partial charge in [-0.05, 0) is 60.2 Å². The van der Waals surface area contributed by atoms with Gasteiger partial charge in [0, 0.05) is 35.3 Å². The number of thioether (sulfide) groups is 1. The van der Waals surface area contributed by atoms with Gasteiger partial charge in [0.15, 0.2) is 0 Å². The molecule has 0 spiro atoms. The van der Waals surface area contributed by atoms with E-state index in [4.69, 9.17) is 21.1 Å². The van der Waals surface area contributed by atoms with Gasteiger partial charge in [-0.3, -0.25) is 14.5 Å². The highest BCUT2D eigenvalue weighted by Gasteiger charge is 2.34. The number of halogens is 2. The van der Waals surface area contributed by atoms with E-state index < -0.39 is 0 Å². The molecule has 0 radical (unpaired) electrons. The molecule has 0 aliphatic carbocycles. The number of amides is 2. The van der Waals surface area contributed by atoms with Gasteiger partial charge in [-0.1, -0.05) is 39.7 Å². The second-order valence-corrected chi connectivity index (χ2v) is 8.62. The Labute approximate surface area is 187 Å². The van der Waals surface area contributed by atoms with Crippen molar-refractivity contribution in [3.63, 3.8) is 0 Å². The molecule has 0 bridgehead atoms. The fourth-order valence-corrected chi connectivity index (χ4v) is 4.07. The average molecular weight is 497 g/mol. The summed E-state index contributed by atoms with van der Waals surface area (Å²) >= 11 is 10.3. The molecular weight excluding hydrogens is 478 g/mol. The van der Waals surface area contributed by atoms with Crippen molar-refractivity contribution < 1.29 is 19.1 Å². The van der Waals surface area contributed by atoms with Crippen LogP contribution in [0.3, 0.4) is 0 Å². The highest BCUT2D eigenvalue weighted by molar-refractivity contribution is 9.10. The molecule has 29 heavy (non-hydrogen) atoms. The van der Waals surface area contributed by atoms with Gasteiger partial charge in [0.05, 0.1) is 4.91 Å². The van der Waals surface area contributed by atoms with Gasteiger partial charge in [0.2, 0.25) is 0 Å². The molecule has 152 valence electrons. The molecule has 1 aliphatic heterocycles. The molecule has 3 rings (SSSR count). The quantitative estimate of drug-likeness (QED) is 0.344. The van der Waals surface area contributed by atoms with E-state index in [2.05, 4.69) is 15.9 Å². The summed E-state index contributed by atoms with van der Waals surface area (Å²) in [4.78, 5) is 26.5. The van der Waals surface area contributed by atoms with Crippen molar-refractivity contribution in [1.29, 1.82) is 0 Å². The second-order valence-electron chi connectivity index (χ2n) is 6.28. The molecule has 5 nitrogen and oxygen atoms in total. The van der Waals surface area contributed by atoms with E-state index in [9.17, 15) is 9.59 Å². The minimum Gasteiger partial charge on any atom is -0.488 e. The molecule has 2 aromatic carbocycles. The van der Waals surface area contributed by atoms with E-state index in [-0.39, 0.29) is 11.1 Å². The van der Waals surface area contributed by atoms with Gasteiger partial charge in [-0.25, -0.2) is 0 Å². The van der Waals surface area contributed by atoms with Crippen molar-refractivity contribution >= 4 is 56.5 Å². The van der Waals surface area contributed by atoms with E-state index >= 15 is 0 Å². The molecule has 0 unspecified atom stereocenters. The number of hydrogen-bond acceptors (Lipinski definition) is 5. The lowest BCUT2D eigenvalue weighted by molar-refractivity contribution is -0.122. The maximum absolute atomic E-state index is 12.6. The molecule has 1 fully saturated rings. The molecule has 1 saturated heterocycles. The zero-order valence-corrected chi connectivity index (χ0v) is 18.9. The van der Waals surface area contributed by atoms with Crippen LogP contribution in [0.1, 0.15) is 17.5 Å². The van der Waals surface area contributed by atoms with Crippen LogP contribution < -0.4 is 4.74 Å². The van der Waals surface area contributed by atoms with E-state index in [1.54, 1.807) is 13.2 Å². The van der Waals surface area contributed by atoms with Gasteiger partial charge in [0.1, 0.15) is 12.4 Å². The van der Waals surface area contributed by atoms with Gasteiger partial charge in [-0.2, -0.15) is 0 Å². The van der Waals surface area contributed by atoms with Gasteiger partial charge in [0.25, 0.3) is 11.1 Å². The number of nitrogens with zero attached hydrogens (tertiary/aromatic N) is 1. The average Bonchev–Trinajstić information content (AvgIpc) is 2.96. The first kappa shape index (κ1) is 21.9. The second kappa shape index (κ2) is 10.3. The number of rotatable bonds is 8. The number of methoxy groups -OCH3 is 1. The third-order valence-corrected chi connectivity index (χ3v) is 5.82. The predicted octanol–water partition coefficient (Wildman–Crippen LogP) is 5.75. The fraction of sp³-hybridized carbons (Fsp3) is 0.238. The molecule has 0 aromatic heterocycles. The van der Waals surface area contributed by atoms with Crippen LogP contribution in [0.15, 0.2) is 51.8 Å². The Balaban J connectivity index is 1.77. The molecule has 1 heterocycles. The molecule has 0 N–H and O–H groups in total. The Kier molecular flexibility index (Phi) is 7.77. The molecule has 0 saturated carbocycles. The Morgan fingerprint density at radius 2 is 1.93 bits per heavy atom. The number of ether oxygens (including phenoxy) is 2. The maximum Gasteiger partial charge on any atom is 0.293 e. The zero-order chi connectivity index (χ0) is 20.8. The molecule has 1 aliphatic rings. The Morgan fingerprint density at radius 1 is 1.17 bits per heavy atom. The monoisotopic (exact) mass is 495 g/mol. The van der Waals surface area contributed by atoms with Crippen molar-refractivity contribution in [3.8, 4) is 5.75 Å². The van der Waals surface area contributed by atoms with Crippen molar-refractivity contribution in [2.75, 3.05) is 20.3 Å². The van der Waals surface area contributed by atoms with Crippen molar-refractivity contribution in [3.05, 3.63) is 68.0 Å². The summed E-state index contributed by atoms with van der Waals surface area (Å²) in [6.45, 7) is 1.20. The number of carbonyl (C=O) groups is 2. The van der Waals surface area contributed by atoms with E-state index in [1.807, 2.05) is 42.5 Å². The van der Waals surface area contributed by atoms with Crippen molar-refractivity contribution in [1.82, 2.24) is 4.90 Å². The van der Waals surface area contributed by atoms with Crippen LogP contribution in [-0.2, 0) is 16.1 Å². The van der Waals surface area contributed by atoms with Crippen LogP contribution in [0.5, 0.6) is 5.75 Å². The minimum atomic E-state index is -0.292. The summed E-state index contributed by atoms with van der Waals surface area (Å²) in [7, 11) is 1.59. The summed E-state index contributed by atoms with van der Waals surface area (Å²) in [5.41, 5.74) is 1.69. The summed E-state index contributed by atoms with van der Waals surface area (Å²) in [6.07, 6.45) is 2.30. The smallest absolute Gasteiger partial charge is 0.293 e. The van der Waals surface area contributed by atoms with Crippen LogP contribution in [0.4, 0.5) is 4.79 Å². The van der Waals surface area contributed by atoms with E-state index in [1.165, 1.54) is 4.90 Å². The summed E-state index contributed by atoms with van der Waals surface area (Å²) < 4.78 is 11.8. The molecule has 8 heteroatoms. The topological polar surface area (TPSA) is 55.8 Å². The number of imide groups is 1.